The summed E-state index contributed by atoms with van der Waals surface area (Å²) in [6.45, 7) is 5.08. The summed E-state index contributed by atoms with van der Waals surface area (Å²) in [5.74, 6) is 0.977. The molecular weight excluding hydrogens is 224 g/mol. The van der Waals surface area contributed by atoms with Gasteiger partial charge in [0.2, 0.25) is 0 Å². The first-order valence-electron chi connectivity index (χ1n) is 7.87. The fourth-order valence-corrected chi connectivity index (χ4v) is 3.56. The third-order valence-corrected chi connectivity index (χ3v) is 5.09. The van der Waals surface area contributed by atoms with Gasteiger partial charge in [-0.15, -0.1) is 0 Å². The molecule has 2 N–H and O–H groups in total. The van der Waals surface area contributed by atoms with Crippen molar-refractivity contribution in [2.45, 2.75) is 69.5 Å². The molecule has 0 aromatic rings. The summed E-state index contributed by atoms with van der Waals surface area (Å²) < 4.78 is 0. The molecule has 18 heavy (non-hydrogen) atoms. The van der Waals surface area contributed by atoms with E-state index >= 15 is 0 Å². The van der Waals surface area contributed by atoms with Crippen molar-refractivity contribution in [1.29, 1.82) is 0 Å². The van der Waals surface area contributed by atoms with Crippen LogP contribution in [-0.4, -0.2) is 47.3 Å². The monoisotopic (exact) mass is 252 g/mol. The molecule has 3 saturated carbocycles. The van der Waals surface area contributed by atoms with E-state index in [2.05, 4.69) is 17.1 Å². The molecule has 3 rings (SSSR count). The Labute approximate surface area is 111 Å². The zero-order chi connectivity index (χ0) is 12.6. The van der Waals surface area contributed by atoms with Crippen molar-refractivity contribution >= 4 is 0 Å². The summed E-state index contributed by atoms with van der Waals surface area (Å²) in [6, 6.07) is 1.41. The molecule has 0 aromatic carbocycles. The molecule has 0 saturated heterocycles. The second-order valence-electron chi connectivity index (χ2n) is 6.78. The van der Waals surface area contributed by atoms with Gasteiger partial charge in [-0.25, -0.2) is 0 Å². The summed E-state index contributed by atoms with van der Waals surface area (Å²) >= 11 is 0. The van der Waals surface area contributed by atoms with Gasteiger partial charge in [0.1, 0.15) is 0 Å². The van der Waals surface area contributed by atoms with Crippen LogP contribution in [0.15, 0.2) is 0 Å². The van der Waals surface area contributed by atoms with E-state index in [1.807, 2.05) is 0 Å². The molecule has 104 valence electrons. The number of aliphatic hydroxyl groups excluding tert-OH is 1. The second kappa shape index (κ2) is 5.10. The maximum atomic E-state index is 9.78. The maximum absolute atomic E-state index is 9.78. The molecule has 0 amide bonds. The van der Waals surface area contributed by atoms with E-state index in [-0.39, 0.29) is 5.54 Å². The van der Waals surface area contributed by atoms with E-state index in [1.165, 1.54) is 45.2 Å². The average Bonchev–Trinajstić information content (AvgIpc) is 3.29. The van der Waals surface area contributed by atoms with Gasteiger partial charge in [-0.05, 0) is 57.4 Å². The van der Waals surface area contributed by atoms with Gasteiger partial charge >= 0.3 is 0 Å². The van der Waals surface area contributed by atoms with Crippen LogP contribution in [0.2, 0.25) is 0 Å². The standard InChI is InChI=1S/C15H28N2O/c1-2-17(10-12-3-4-12)14-7-8-15(9-14,11-18)16-13-5-6-13/h12-14,16,18H,2-11H2,1H3. The molecular formula is C15H28N2O. The quantitative estimate of drug-likeness (QED) is 0.724. The Morgan fingerprint density at radius 2 is 2.00 bits per heavy atom. The molecule has 3 aliphatic carbocycles. The van der Waals surface area contributed by atoms with E-state index in [1.54, 1.807) is 0 Å². The van der Waals surface area contributed by atoms with Gasteiger partial charge in [0.05, 0.1) is 6.61 Å². The number of hydrogen-bond acceptors (Lipinski definition) is 3. The fraction of sp³-hybridized carbons (Fsp3) is 1.00. The SMILES string of the molecule is CCN(CC1CC1)C1CCC(CO)(NC2CC2)C1. The van der Waals surface area contributed by atoms with Crippen molar-refractivity contribution in [2.24, 2.45) is 5.92 Å². The minimum Gasteiger partial charge on any atom is -0.394 e. The first-order valence-corrected chi connectivity index (χ1v) is 7.87. The van der Waals surface area contributed by atoms with E-state index < -0.39 is 0 Å². The normalized spacial score (nSPS) is 36.5. The summed E-state index contributed by atoms with van der Waals surface area (Å²) in [4.78, 5) is 2.67. The average molecular weight is 252 g/mol. The van der Waals surface area contributed by atoms with Crippen LogP contribution >= 0.6 is 0 Å². The summed E-state index contributed by atoms with van der Waals surface area (Å²) in [5, 5.41) is 13.5. The number of aliphatic hydroxyl groups is 1. The van der Waals surface area contributed by atoms with Gasteiger partial charge in [-0.2, -0.15) is 0 Å². The molecule has 0 heterocycles. The van der Waals surface area contributed by atoms with Gasteiger partial charge in [0.15, 0.2) is 0 Å². The zero-order valence-electron chi connectivity index (χ0n) is 11.7. The minimum absolute atomic E-state index is 0.0444. The lowest BCUT2D eigenvalue weighted by Crippen LogP contribution is -2.49. The topological polar surface area (TPSA) is 35.5 Å². The molecule has 0 bridgehead atoms. The Bertz CT molecular complexity index is 288. The van der Waals surface area contributed by atoms with Gasteiger partial charge < -0.3 is 15.3 Å². The lowest BCUT2D eigenvalue weighted by atomic mass is 9.98. The molecule has 2 unspecified atom stereocenters. The molecule has 0 aliphatic heterocycles. The molecule has 3 fully saturated rings. The Morgan fingerprint density at radius 3 is 2.56 bits per heavy atom. The van der Waals surface area contributed by atoms with E-state index in [0.717, 1.165) is 18.8 Å². The Morgan fingerprint density at radius 1 is 1.22 bits per heavy atom. The number of nitrogens with one attached hydrogen (secondary N) is 1. The Kier molecular flexibility index (Phi) is 3.65. The smallest absolute Gasteiger partial charge is 0.0614 e. The fourth-order valence-electron chi connectivity index (χ4n) is 3.56. The van der Waals surface area contributed by atoms with Gasteiger partial charge in [-0.3, -0.25) is 0 Å². The third-order valence-electron chi connectivity index (χ3n) is 5.09. The lowest BCUT2D eigenvalue weighted by molar-refractivity contribution is 0.140. The van der Waals surface area contributed by atoms with Gasteiger partial charge in [-0.1, -0.05) is 6.92 Å². The third kappa shape index (κ3) is 2.89. The predicted octanol–water partition coefficient (Wildman–Crippen LogP) is 1.75. The van der Waals surface area contributed by atoms with Gasteiger partial charge in [0.25, 0.3) is 0 Å². The molecule has 0 radical (unpaired) electrons. The van der Waals surface area contributed by atoms with Crippen molar-refractivity contribution in [3.8, 4) is 0 Å². The van der Waals surface area contributed by atoms with Crippen LogP contribution in [0, 0.1) is 5.92 Å². The maximum Gasteiger partial charge on any atom is 0.0614 e. The van der Waals surface area contributed by atoms with Crippen molar-refractivity contribution in [1.82, 2.24) is 10.2 Å². The lowest BCUT2D eigenvalue weighted by Gasteiger charge is -2.32. The first-order chi connectivity index (χ1) is 8.74. The van der Waals surface area contributed by atoms with E-state index in [4.69, 9.17) is 0 Å². The van der Waals surface area contributed by atoms with Crippen LogP contribution in [0.5, 0.6) is 0 Å². The summed E-state index contributed by atoms with van der Waals surface area (Å²) in [5.41, 5.74) is 0.0444. The minimum atomic E-state index is 0.0444. The van der Waals surface area contributed by atoms with E-state index in [9.17, 15) is 5.11 Å². The predicted molar refractivity (Wildman–Crippen MR) is 73.6 cm³/mol. The molecule has 0 spiro atoms. The first kappa shape index (κ1) is 12.9. The number of rotatable bonds is 7. The van der Waals surface area contributed by atoms with Crippen molar-refractivity contribution in [2.75, 3.05) is 19.7 Å². The summed E-state index contributed by atoms with van der Waals surface area (Å²) in [7, 11) is 0. The van der Waals surface area contributed by atoms with Gasteiger partial charge in [0, 0.05) is 24.2 Å². The van der Waals surface area contributed by atoms with E-state index in [0.29, 0.717) is 18.7 Å². The van der Waals surface area contributed by atoms with Crippen molar-refractivity contribution < 1.29 is 5.11 Å². The Hall–Kier alpha value is -0.120. The highest BCUT2D eigenvalue weighted by Crippen LogP contribution is 2.38. The van der Waals surface area contributed by atoms with Crippen LogP contribution in [0.3, 0.4) is 0 Å². The van der Waals surface area contributed by atoms with Crippen LogP contribution in [0.4, 0.5) is 0 Å². The van der Waals surface area contributed by atoms with Crippen LogP contribution in [0.25, 0.3) is 0 Å². The highest BCUT2D eigenvalue weighted by Gasteiger charge is 2.43. The number of nitrogens with zero attached hydrogens (tertiary/aromatic N) is 1. The van der Waals surface area contributed by atoms with Crippen molar-refractivity contribution in [3.63, 3.8) is 0 Å². The molecule has 2 atom stereocenters. The summed E-state index contributed by atoms with van der Waals surface area (Å²) in [6.07, 6.45) is 9.08. The van der Waals surface area contributed by atoms with Crippen LogP contribution in [-0.2, 0) is 0 Å². The highest BCUT2D eigenvalue weighted by atomic mass is 16.3. The molecule has 3 nitrogen and oxygen atoms in total. The largest absolute Gasteiger partial charge is 0.394 e. The molecule has 0 aromatic heterocycles. The number of hydrogen-bond donors (Lipinski definition) is 2. The Balaban J connectivity index is 1.56. The molecule has 3 heteroatoms. The zero-order valence-corrected chi connectivity index (χ0v) is 11.7. The highest BCUT2D eigenvalue weighted by molar-refractivity contribution is 5.03. The van der Waals surface area contributed by atoms with Crippen LogP contribution < -0.4 is 5.32 Å². The van der Waals surface area contributed by atoms with Crippen LogP contribution in [0.1, 0.15) is 51.9 Å². The molecule has 3 aliphatic rings. The second-order valence-corrected chi connectivity index (χ2v) is 6.78. The van der Waals surface area contributed by atoms with Crippen molar-refractivity contribution in [3.05, 3.63) is 0 Å².